The molecule has 102 valence electrons. The predicted octanol–water partition coefficient (Wildman–Crippen LogP) is 2.81. The topological polar surface area (TPSA) is 75.6 Å². The SMILES string of the molecule is CC/C(NC(=O)OC1CCCCC1)=C(/C)C(=O)O. The number of carboxylic acids is 1. The predicted molar refractivity (Wildman–Crippen MR) is 67.1 cm³/mol. The molecule has 1 aliphatic rings. The van der Waals surface area contributed by atoms with E-state index in [0.717, 1.165) is 25.7 Å². The molecule has 0 bridgehead atoms. The molecule has 1 fully saturated rings. The summed E-state index contributed by atoms with van der Waals surface area (Å²) in [6.45, 7) is 3.27. The molecular formula is C13H21NO4. The van der Waals surface area contributed by atoms with Crippen molar-refractivity contribution in [2.24, 2.45) is 0 Å². The first kappa shape index (κ1) is 14.5. The van der Waals surface area contributed by atoms with Gasteiger partial charge in [0.1, 0.15) is 6.10 Å². The monoisotopic (exact) mass is 255 g/mol. The van der Waals surface area contributed by atoms with Gasteiger partial charge in [-0.15, -0.1) is 0 Å². The fourth-order valence-corrected chi connectivity index (χ4v) is 2.06. The summed E-state index contributed by atoms with van der Waals surface area (Å²) in [5.41, 5.74) is 0.557. The van der Waals surface area contributed by atoms with E-state index in [0.29, 0.717) is 12.1 Å². The molecule has 0 heterocycles. The summed E-state index contributed by atoms with van der Waals surface area (Å²) in [4.78, 5) is 22.5. The molecule has 0 aromatic rings. The lowest BCUT2D eigenvalue weighted by atomic mass is 9.98. The Bertz CT molecular complexity index is 343. The number of hydrogen-bond acceptors (Lipinski definition) is 3. The van der Waals surface area contributed by atoms with E-state index < -0.39 is 12.1 Å². The van der Waals surface area contributed by atoms with Crippen LogP contribution in [0.4, 0.5) is 4.79 Å². The number of carbonyl (C=O) groups excluding carboxylic acids is 1. The minimum absolute atomic E-state index is 0.0259. The summed E-state index contributed by atoms with van der Waals surface area (Å²) in [6.07, 6.45) is 5.05. The number of ether oxygens (including phenoxy) is 1. The molecule has 5 heteroatoms. The second kappa shape index (κ2) is 7.03. The third kappa shape index (κ3) is 4.39. The van der Waals surface area contributed by atoms with Gasteiger partial charge in [-0.1, -0.05) is 13.3 Å². The first-order valence-electron chi connectivity index (χ1n) is 6.45. The van der Waals surface area contributed by atoms with Gasteiger partial charge in [0, 0.05) is 5.70 Å². The third-order valence-electron chi connectivity index (χ3n) is 3.21. The van der Waals surface area contributed by atoms with Crippen LogP contribution in [0.25, 0.3) is 0 Å². The smallest absolute Gasteiger partial charge is 0.411 e. The molecular weight excluding hydrogens is 234 g/mol. The zero-order valence-corrected chi connectivity index (χ0v) is 11.0. The van der Waals surface area contributed by atoms with Gasteiger partial charge in [0.05, 0.1) is 5.57 Å². The lowest BCUT2D eigenvalue weighted by Crippen LogP contribution is -2.30. The Hall–Kier alpha value is -1.52. The highest BCUT2D eigenvalue weighted by molar-refractivity contribution is 5.87. The van der Waals surface area contributed by atoms with Crippen LogP contribution in [0.15, 0.2) is 11.3 Å². The van der Waals surface area contributed by atoms with Crippen molar-refractivity contribution in [3.8, 4) is 0 Å². The Balaban J connectivity index is 2.51. The van der Waals surface area contributed by atoms with Crippen molar-refractivity contribution in [3.05, 3.63) is 11.3 Å². The largest absolute Gasteiger partial charge is 0.478 e. The minimum Gasteiger partial charge on any atom is -0.478 e. The van der Waals surface area contributed by atoms with E-state index in [1.165, 1.54) is 13.3 Å². The van der Waals surface area contributed by atoms with Gasteiger partial charge in [-0.25, -0.2) is 9.59 Å². The summed E-state index contributed by atoms with van der Waals surface area (Å²) in [5.74, 6) is -1.02. The summed E-state index contributed by atoms with van der Waals surface area (Å²) in [7, 11) is 0. The van der Waals surface area contributed by atoms with Crippen LogP contribution in [0.5, 0.6) is 0 Å². The molecule has 5 nitrogen and oxygen atoms in total. The van der Waals surface area contributed by atoms with Gasteiger partial charge in [-0.2, -0.15) is 0 Å². The average Bonchev–Trinajstić information content (AvgIpc) is 2.36. The molecule has 0 aliphatic heterocycles. The number of alkyl carbamates (subject to hydrolysis) is 1. The van der Waals surface area contributed by atoms with Gasteiger partial charge in [0.25, 0.3) is 0 Å². The zero-order chi connectivity index (χ0) is 13.5. The van der Waals surface area contributed by atoms with Crippen molar-refractivity contribution in [3.63, 3.8) is 0 Å². The van der Waals surface area contributed by atoms with Crippen LogP contribution in [0.1, 0.15) is 52.4 Å². The van der Waals surface area contributed by atoms with Crippen LogP contribution in [-0.4, -0.2) is 23.3 Å². The van der Waals surface area contributed by atoms with E-state index in [9.17, 15) is 9.59 Å². The maximum Gasteiger partial charge on any atom is 0.411 e. The molecule has 1 rings (SSSR count). The van der Waals surface area contributed by atoms with Crippen molar-refractivity contribution >= 4 is 12.1 Å². The number of carbonyl (C=O) groups is 2. The van der Waals surface area contributed by atoms with E-state index in [4.69, 9.17) is 9.84 Å². The van der Waals surface area contributed by atoms with Gasteiger partial charge in [0.15, 0.2) is 0 Å². The number of amides is 1. The van der Waals surface area contributed by atoms with E-state index >= 15 is 0 Å². The number of nitrogens with one attached hydrogen (secondary N) is 1. The molecule has 0 atom stereocenters. The van der Waals surface area contributed by atoms with Crippen LogP contribution < -0.4 is 5.32 Å². The fraction of sp³-hybridized carbons (Fsp3) is 0.692. The zero-order valence-electron chi connectivity index (χ0n) is 11.0. The molecule has 0 saturated heterocycles. The normalized spacial score (nSPS) is 17.9. The van der Waals surface area contributed by atoms with Gasteiger partial charge >= 0.3 is 12.1 Å². The van der Waals surface area contributed by atoms with E-state index in [2.05, 4.69) is 5.32 Å². The molecule has 1 amide bonds. The quantitative estimate of drug-likeness (QED) is 0.757. The maximum absolute atomic E-state index is 11.6. The third-order valence-corrected chi connectivity index (χ3v) is 3.21. The summed E-state index contributed by atoms with van der Waals surface area (Å²) >= 11 is 0. The number of rotatable bonds is 4. The Kier molecular flexibility index (Phi) is 5.68. The number of allylic oxidation sites excluding steroid dienone is 1. The van der Waals surface area contributed by atoms with Crippen LogP contribution in [0, 0.1) is 0 Å². The molecule has 0 spiro atoms. The molecule has 18 heavy (non-hydrogen) atoms. The van der Waals surface area contributed by atoms with Gasteiger partial charge < -0.3 is 9.84 Å². The molecule has 0 aromatic carbocycles. The second-order valence-corrected chi connectivity index (χ2v) is 4.55. The molecule has 0 aromatic heterocycles. The standard InChI is InChI=1S/C13H21NO4/c1-3-11(9(2)12(15)16)14-13(17)18-10-7-5-4-6-8-10/h10H,3-8H2,1-2H3,(H,14,17)(H,15,16)/b11-9+. The minimum atomic E-state index is -1.02. The van der Waals surface area contributed by atoms with Gasteiger partial charge in [0.2, 0.25) is 0 Å². The lowest BCUT2D eigenvalue weighted by Gasteiger charge is -2.22. The van der Waals surface area contributed by atoms with E-state index in [1.807, 2.05) is 0 Å². The average molecular weight is 255 g/mol. The molecule has 1 saturated carbocycles. The number of carboxylic acid groups (broad SMARTS) is 1. The maximum atomic E-state index is 11.6. The molecule has 1 aliphatic carbocycles. The van der Waals surface area contributed by atoms with Crippen LogP contribution >= 0.6 is 0 Å². The van der Waals surface area contributed by atoms with Crippen LogP contribution in [-0.2, 0) is 9.53 Å². The first-order chi connectivity index (χ1) is 8.54. The van der Waals surface area contributed by atoms with Crippen LogP contribution in [0.2, 0.25) is 0 Å². The summed E-state index contributed by atoms with van der Waals surface area (Å²) in [6, 6.07) is 0. The van der Waals surface area contributed by atoms with Crippen molar-refractivity contribution in [2.75, 3.05) is 0 Å². The molecule has 2 N–H and O–H groups in total. The second-order valence-electron chi connectivity index (χ2n) is 4.55. The van der Waals surface area contributed by atoms with Crippen molar-refractivity contribution < 1.29 is 19.4 Å². The summed E-state index contributed by atoms with van der Waals surface area (Å²) < 4.78 is 5.28. The fourth-order valence-electron chi connectivity index (χ4n) is 2.06. The Morgan fingerprint density at radius 2 is 1.89 bits per heavy atom. The number of aliphatic carboxylic acids is 1. The summed E-state index contributed by atoms with van der Waals surface area (Å²) in [5, 5.41) is 11.4. The van der Waals surface area contributed by atoms with E-state index in [-0.39, 0.29) is 11.7 Å². The Morgan fingerprint density at radius 3 is 2.39 bits per heavy atom. The highest BCUT2D eigenvalue weighted by Crippen LogP contribution is 2.20. The van der Waals surface area contributed by atoms with Crippen molar-refractivity contribution in [1.82, 2.24) is 5.32 Å². The van der Waals surface area contributed by atoms with Crippen LogP contribution in [0.3, 0.4) is 0 Å². The molecule has 0 radical (unpaired) electrons. The Morgan fingerprint density at radius 1 is 1.28 bits per heavy atom. The Labute approximate surface area is 107 Å². The lowest BCUT2D eigenvalue weighted by molar-refractivity contribution is -0.132. The number of hydrogen-bond donors (Lipinski definition) is 2. The van der Waals surface area contributed by atoms with Crippen molar-refractivity contribution in [1.29, 1.82) is 0 Å². The van der Waals surface area contributed by atoms with E-state index in [1.54, 1.807) is 6.92 Å². The first-order valence-corrected chi connectivity index (χ1v) is 6.45. The van der Waals surface area contributed by atoms with Crippen molar-refractivity contribution in [2.45, 2.75) is 58.5 Å². The van der Waals surface area contributed by atoms with Gasteiger partial charge in [-0.3, -0.25) is 5.32 Å². The highest BCUT2D eigenvalue weighted by Gasteiger charge is 2.19. The highest BCUT2D eigenvalue weighted by atomic mass is 16.6. The molecule has 0 unspecified atom stereocenters. The van der Waals surface area contributed by atoms with Gasteiger partial charge in [-0.05, 0) is 39.0 Å².